The van der Waals surface area contributed by atoms with Gasteiger partial charge in [0.25, 0.3) is 0 Å². The van der Waals surface area contributed by atoms with Gasteiger partial charge in [0, 0.05) is 11.8 Å². The first-order valence-corrected chi connectivity index (χ1v) is 7.70. The molecule has 21 heavy (non-hydrogen) atoms. The van der Waals surface area contributed by atoms with Gasteiger partial charge in [-0.05, 0) is 56.4 Å². The number of aryl methyl sites for hydroxylation is 1. The Kier molecular flexibility index (Phi) is 6.87. The smallest absolute Gasteiger partial charge is 0.0742 e. The molecule has 1 aromatic rings. The van der Waals surface area contributed by atoms with Crippen molar-refractivity contribution >= 4 is 5.57 Å². The summed E-state index contributed by atoms with van der Waals surface area (Å²) in [5.41, 5.74) is 7.49. The minimum atomic E-state index is 0.993. The summed E-state index contributed by atoms with van der Waals surface area (Å²) in [5.74, 6) is 0. The fourth-order valence-corrected chi connectivity index (χ4v) is 2.60. The second-order valence-corrected chi connectivity index (χ2v) is 5.23. The Morgan fingerprint density at radius 1 is 1.24 bits per heavy atom. The van der Waals surface area contributed by atoms with Gasteiger partial charge in [0.2, 0.25) is 0 Å². The van der Waals surface area contributed by atoms with Crippen LogP contribution < -0.4 is 0 Å². The Bertz CT molecular complexity index is 582. The fraction of sp³-hybridized carbons (Fsp3) is 0.350. The topological polar surface area (TPSA) is 12.9 Å². The standard InChI is InChI=1S/C20H27N/c1-7-11-18(15(5)6)19(12-8-2)20-17(10-4)16(9-3)13-14-21-20/h7-8,11-14H,2,9-10H2,1,3-6H3/b11-7-,19-12+. The van der Waals surface area contributed by atoms with Crippen molar-refractivity contribution in [1.29, 1.82) is 0 Å². The zero-order chi connectivity index (χ0) is 15.8. The first kappa shape index (κ1) is 17.2. The van der Waals surface area contributed by atoms with E-state index >= 15 is 0 Å². The van der Waals surface area contributed by atoms with Gasteiger partial charge in [-0.3, -0.25) is 4.98 Å². The Morgan fingerprint density at radius 3 is 2.43 bits per heavy atom. The van der Waals surface area contributed by atoms with Crippen molar-refractivity contribution in [3.8, 4) is 0 Å². The quantitative estimate of drug-likeness (QED) is 0.610. The maximum absolute atomic E-state index is 4.68. The predicted molar refractivity (Wildman–Crippen MR) is 94.4 cm³/mol. The summed E-state index contributed by atoms with van der Waals surface area (Å²) in [7, 11) is 0. The third-order valence-corrected chi connectivity index (χ3v) is 3.59. The molecule has 1 nitrogen and oxygen atoms in total. The van der Waals surface area contributed by atoms with Crippen molar-refractivity contribution in [2.45, 2.75) is 47.5 Å². The maximum Gasteiger partial charge on any atom is 0.0742 e. The molecule has 0 saturated carbocycles. The molecule has 0 aliphatic carbocycles. The highest BCUT2D eigenvalue weighted by Gasteiger charge is 2.14. The predicted octanol–water partition coefficient (Wildman–Crippen LogP) is 5.69. The van der Waals surface area contributed by atoms with Crippen LogP contribution in [-0.4, -0.2) is 4.98 Å². The van der Waals surface area contributed by atoms with E-state index in [1.807, 2.05) is 19.2 Å². The Morgan fingerprint density at radius 2 is 1.95 bits per heavy atom. The van der Waals surface area contributed by atoms with E-state index in [0.29, 0.717) is 0 Å². The lowest BCUT2D eigenvalue weighted by atomic mass is 9.91. The van der Waals surface area contributed by atoms with Gasteiger partial charge >= 0.3 is 0 Å². The van der Waals surface area contributed by atoms with Crippen molar-refractivity contribution in [3.05, 3.63) is 71.1 Å². The highest BCUT2D eigenvalue weighted by molar-refractivity contribution is 5.83. The van der Waals surface area contributed by atoms with E-state index in [0.717, 1.165) is 24.1 Å². The second-order valence-electron chi connectivity index (χ2n) is 5.23. The van der Waals surface area contributed by atoms with Crippen molar-refractivity contribution < 1.29 is 0 Å². The van der Waals surface area contributed by atoms with E-state index in [9.17, 15) is 0 Å². The summed E-state index contributed by atoms with van der Waals surface area (Å²) in [4.78, 5) is 4.68. The first-order valence-electron chi connectivity index (χ1n) is 7.70. The zero-order valence-corrected chi connectivity index (χ0v) is 14.0. The summed E-state index contributed by atoms with van der Waals surface area (Å²) in [5, 5.41) is 0. The molecule has 112 valence electrons. The van der Waals surface area contributed by atoms with Crippen LogP contribution in [0.5, 0.6) is 0 Å². The number of pyridine rings is 1. The molecule has 0 aliphatic rings. The van der Waals surface area contributed by atoms with Crippen LogP contribution in [-0.2, 0) is 12.8 Å². The van der Waals surface area contributed by atoms with Crippen molar-refractivity contribution in [1.82, 2.24) is 4.98 Å². The van der Waals surface area contributed by atoms with Gasteiger partial charge in [0.15, 0.2) is 0 Å². The Hall–Kier alpha value is -1.89. The minimum absolute atomic E-state index is 0.993. The average molecular weight is 281 g/mol. The molecule has 0 fully saturated rings. The van der Waals surface area contributed by atoms with Crippen molar-refractivity contribution in [3.63, 3.8) is 0 Å². The lowest BCUT2D eigenvalue weighted by molar-refractivity contribution is 0.998. The van der Waals surface area contributed by atoms with E-state index in [4.69, 9.17) is 0 Å². The molecule has 0 spiro atoms. The lowest BCUT2D eigenvalue weighted by Gasteiger charge is -2.16. The van der Waals surface area contributed by atoms with E-state index in [1.54, 1.807) is 0 Å². The van der Waals surface area contributed by atoms with Gasteiger partial charge in [-0.15, -0.1) is 0 Å². The molecule has 1 heteroatoms. The fourth-order valence-electron chi connectivity index (χ4n) is 2.60. The SMILES string of the molecule is C=C/C=C(\C(/C=C\C)=C(C)C)c1nccc(CC)c1CC. The number of rotatable bonds is 6. The largest absolute Gasteiger partial charge is 0.256 e. The number of aromatic nitrogens is 1. The summed E-state index contributed by atoms with van der Waals surface area (Å²) in [6.07, 6.45) is 12.1. The van der Waals surface area contributed by atoms with E-state index < -0.39 is 0 Å². The van der Waals surface area contributed by atoms with Gasteiger partial charge in [-0.2, -0.15) is 0 Å². The van der Waals surface area contributed by atoms with E-state index in [-0.39, 0.29) is 0 Å². The molecule has 1 heterocycles. The van der Waals surface area contributed by atoms with Crippen LogP contribution in [0, 0.1) is 0 Å². The highest BCUT2D eigenvalue weighted by Crippen LogP contribution is 2.30. The van der Waals surface area contributed by atoms with Gasteiger partial charge in [-0.25, -0.2) is 0 Å². The van der Waals surface area contributed by atoms with Crippen LogP contribution in [0.3, 0.4) is 0 Å². The van der Waals surface area contributed by atoms with Crippen LogP contribution in [0.2, 0.25) is 0 Å². The zero-order valence-electron chi connectivity index (χ0n) is 14.0. The molecule has 0 radical (unpaired) electrons. The molecule has 1 rings (SSSR count). The van der Waals surface area contributed by atoms with Gasteiger partial charge in [-0.1, -0.05) is 50.3 Å². The van der Waals surface area contributed by atoms with Gasteiger partial charge in [0.1, 0.15) is 0 Å². The minimum Gasteiger partial charge on any atom is -0.256 e. The summed E-state index contributed by atoms with van der Waals surface area (Å²) in [6.45, 7) is 14.6. The molecule has 0 N–H and O–H groups in total. The molecule has 0 atom stereocenters. The van der Waals surface area contributed by atoms with Gasteiger partial charge < -0.3 is 0 Å². The third-order valence-electron chi connectivity index (χ3n) is 3.59. The van der Waals surface area contributed by atoms with E-state index in [1.165, 1.54) is 22.3 Å². The number of hydrogen-bond donors (Lipinski definition) is 0. The van der Waals surface area contributed by atoms with E-state index in [2.05, 4.69) is 63.6 Å². The molecule has 0 bridgehead atoms. The summed E-state index contributed by atoms with van der Waals surface area (Å²) >= 11 is 0. The molecule has 0 amide bonds. The first-order chi connectivity index (χ1) is 10.1. The number of allylic oxidation sites excluding steroid dienone is 7. The molecule has 0 aromatic carbocycles. The number of hydrogen-bond acceptors (Lipinski definition) is 1. The van der Waals surface area contributed by atoms with Gasteiger partial charge in [0.05, 0.1) is 5.69 Å². The molecule has 0 saturated heterocycles. The third kappa shape index (κ3) is 4.04. The maximum atomic E-state index is 4.68. The average Bonchev–Trinajstić information content (AvgIpc) is 2.49. The summed E-state index contributed by atoms with van der Waals surface area (Å²) < 4.78 is 0. The van der Waals surface area contributed by atoms with Crippen molar-refractivity contribution in [2.24, 2.45) is 0 Å². The lowest BCUT2D eigenvalue weighted by Crippen LogP contribution is -2.03. The van der Waals surface area contributed by atoms with Crippen LogP contribution in [0.1, 0.15) is 51.4 Å². The van der Waals surface area contributed by atoms with Crippen LogP contribution >= 0.6 is 0 Å². The second kappa shape index (κ2) is 8.41. The molecule has 1 aromatic heterocycles. The molecular formula is C20H27N. The van der Waals surface area contributed by atoms with Crippen LogP contribution in [0.25, 0.3) is 5.57 Å². The van der Waals surface area contributed by atoms with Crippen LogP contribution in [0.15, 0.2) is 54.3 Å². The van der Waals surface area contributed by atoms with Crippen molar-refractivity contribution in [2.75, 3.05) is 0 Å². The normalized spacial score (nSPS) is 11.8. The molecular weight excluding hydrogens is 254 g/mol. The monoisotopic (exact) mass is 281 g/mol. The molecule has 0 aliphatic heterocycles. The molecule has 0 unspecified atom stereocenters. The number of nitrogens with zero attached hydrogens (tertiary/aromatic N) is 1. The Balaban J connectivity index is 3.62. The Labute approximate surface area is 129 Å². The van der Waals surface area contributed by atoms with Crippen LogP contribution in [0.4, 0.5) is 0 Å². The summed E-state index contributed by atoms with van der Waals surface area (Å²) in [6, 6.07) is 2.13. The highest BCUT2D eigenvalue weighted by atomic mass is 14.7.